The molecule has 0 radical (unpaired) electrons. The highest BCUT2D eigenvalue weighted by Crippen LogP contribution is 2.30. The maximum atomic E-state index is 11.8. The van der Waals surface area contributed by atoms with Gasteiger partial charge in [-0.15, -0.1) is 0 Å². The van der Waals surface area contributed by atoms with Gasteiger partial charge < -0.3 is 47.7 Å². The molecule has 2 fully saturated rings. The van der Waals surface area contributed by atoms with Crippen LogP contribution in [0.2, 0.25) is 0 Å². The van der Waals surface area contributed by atoms with Crippen LogP contribution < -0.4 is 0 Å². The SMILES string of the molecule is CC(=O)OC1COC(OCC2OC(O)C(OC(C)=O)C(OC(C)=O)C2OC(C)=O)C(OC(C)=O)C1OC(C)=O. The molecule has 2 aliphatic rings. The number of carbonyl (C=O) groups excluding carboxylic acids is 6. The van der Waals surface area contributed by atoms with Crippen molar-refractivity contribution in [3.8, 4) is 0 Å². The maximum absolute atomic E-state index is 11.8. The molecule has 2 aliphatic heterocycles. The van der Waals surface area contributed by atoms with Crippen molar-refractivity contribution < 1.29 is 76.5 Å². The molecule has 0 amide bonds. The average molecular weight is 564 g/mol. The van der Waals surface area contributed by atoms with Crippen LogP contribution in [0.1, 0.15) is 41.5 Å². The van der Waals surface area contributed by atoms with Gasteiger partial charge in [-0.25, -0.2) is 0 Å². The number of aliphatic hydroxyl groups is 1. The van der Waals surface area contributed by atoms with Crippen LogP contribution in [0.5, 0.6) is 0 Å². The van der Waals surface area contributed by atoms with E-state index in [1.807, 2.05) is 0 Å². The first-order chi connectivity index (χ1) is 18.2. The van der Waals surface area contributed by atoms with E-state index in [-0.39, 0.29) is 6.61 Å². The smallest absolute Gasteiger partial charge is 0.303 e. The first kappa shape index (κ1) is 31.9. The van der Waals surface area contributed by atoms with E-state index in [2.05, 4.69) is 0 Å². The molecule has 0 aromatic rings. The lowest BCUT2D eigenvalue weighted by atomic mass is 9.98. The number of esters is 6. The van der Waals surface area contributed by atoms with Crippen molar-refractivity contribution in [1.82, 2.24) is 0 Å². The maximum Gasteiger partial charge on any atom is 0.303 e. The van der Waals surface area contributed by atoms with Crippen molar-refractivity contribution in [2.75, 3.05) is 13.2 Å². The zero-order valence-corrected chi connectivity index (χ0v) is 22.2. The molecular weight excluding hydrogens is 532 g/mol. The fraction of sp³-hybridized carbons (Fsp3) is 0.739. The highest BCUT2D eigenvalue weighted by Gasteiger charge is 2.53. The van der Waals surface area contributed by atoms with Crippen molar-refractivity contribution in [2.45, 2.75) is 96.9 Å². The Morgan fingerprint density at radius 2 is 1.05 bits per heavy atom. The quantitative estimate of drug-likeness (QED) is 0.254. The van der Waals surface area contributed by atoms with Crippen molar-refractivity contribution in [1.29, 1.82) is 0 Å². The lowest BCUT2D eigenvalue weighted by Gasteiger charge is -2.44. The molecule has 0 aromatic heterocycles. The second-order valence-corrected chi connectivity index (χ2v) is 8.62. The van der Waals surface area contributed by atoms with Gasteiger partial charge in [-0.1, -0.05) is 0 Å². The molecule has 9 unspecified atom stereocenters. The van der Waals surface area contributed by atoms with Crippen LogP contribution in [0.3, 0.4) is 0 Å². The lowest BCUT2D eigenvalue weighted by Crippen LogP contribution is -2.63. The zero-order valence-electron chi connectivity index (χ0n) is 22.2. The standard InChI is InChI=1S/C23H32O16/c1-9(24)33-15-7-31-23(21(38-14(6)29)18(15)35-11(3)26)32-8-16-17(34-10(2)25)19(36-12(4)27)20(22(30)39-16)37-13(5)28/h15-23,30H,7-8H2,1-6H3. The topological polar surface area (TPSA) is 206 Å². The van der Waals surface area contributed by atoms with Gasteiger partial charge in [0.15, 0.2) is 49.2 Å². The molecule has 0 aliphatic carbocycles. The van der Waals surface area contributed by atoms with Gasteiger partial charge in [-0.05, 0) is 0 Å². The second-order valence-electron chi connectivity index (χ2n) is 8.62. The molecule has 2 heterocycles. The Kier molecular flexibility index (Phi) is 11.6. The predicted octanol–water partition coefficient (Wildman–Crippen LogP) is -1.33. The van der Waals surface area contributed by atoms with Crippen LogP contribution >= 0.6 is 0 Å². The van der Waals surface area contributed by atoms with Crippen LogP contribution in [0.15, 0.2) is 0 Å². The van der Waals surface area contributed by atoms with Crippen LogP contribution in [-0.4, -0.2) is 109 Å². The fourth-order valence-corrected chi connectivity index (χ4v) is 4.05. The van der Waals surface area contributed by atoms with Gasteiger partial charge in [0, 0.05) is 41.5 Å². The van der Waals surface area contributed by atoms with E-state index in [0.717, 1.165) is 41.5 Å². The third-order valence-electron chi connectivity index (χ3n) is 5.24. The number of hydrogen-bond acceptors (Lipinski definition) is 16. The highest BCUT2D eigenvalue weighted by molar-refractivity contribution is 5.69. The Labute approximate surface area is 223 Å². The Balaban J connectivity index is 2.32. The molecule has 0 aromatic carbocycles. The largest absolute Gasteiger partial charge is 0.456 e. The molecule has 1 N–H and O–H groups in total. The molecule has 0 saturated carbocycles. The molecule has 2 saturated heterocycles. The van der Waals surface area contributed by atoms with Crippen LogP contribution in [-0.2, 0) is 71.4 Å². The minimum Gasteiger partial charge on any atom is -0.456 e. The molecule has 39 heavy (non-hydrogen) atoms. The lowest BCUT2D eigenvalue weighted by molar-refractivity contribution is -0.317. The Hall–Kier alpha value is -3.34. The number of aliphatic hydroxyl groups excluding tert-OH is 1. The van der Waals surface area contributed by atoms with Gasteiger partial charge in [0.25, 0.3) is 0 Å². The minimum absolute atomic E-state index is 0.327. The first-order valence-electron chi connectivity index (χ1n) is 11.8. The van der Waals surface area contributed by atoms with Gasteiger partial charge in [-0.3, -0.25) is 28.8 Å². The van der Waals surface area contributed by atoms with Gasteiger partial charge in [-0.2, -0.15) is 0 Å². The van der Waals surface area contributed by atoms with E-state index in [1.54, 1.807) is 0 Å². The Morgan fingerprint density at radius 1 is 0.615 bits per heavy atom. The second kappa shape index (κ2) is 14.2. The van der Waals surface area contributed by atoms with Gasteiger partial charge in [0.1, 0.15) is 6.10 Å². The number of carbonyl (C=O) groups is 6. The summed E-state index contributed by atoms with van der Waals surface area (Å²) in [7, 11) is 0. The predicted molar refractivity (Wildman–Crippen MR) is 120 cm³/mol. The van der Waals surface area contributed by atoms with E-state index < -0.39 is 97.7 Å². The van der Waals surface area contributed by atoms with E-state index >= 15 is 0 Å². The minimum atomic E-state index is -1.84. The molecule has 220 valence electrons. The summed E-state index contributed by atoms with van der Waals surface area (Å²) < 4.78 is 47.9. The molecule has 0 spiro atoms. The van der Waals surface area contributed by atoms with Crippen LogP contribution in [0.25, 0.3) is 0 Å². The van der Waals surface area contributed by atoms with Crippen LogP contribution in [0.4, 0.5) is 0 Å². The monoisotopic (exact) mass is 564 g/mol. The fourth-order valence-electron chi connectivity index (χ4n) is 4.05. The average Bonchev–Trinajstić information content (AvgIpc) is 2.78. The Morgan fingerprint density at radius 3 is 1.56 bits per heavy atom. The van der Waals surface area contributed by atoms with Crippen molar-refractivity contribution >= 4 is 35.8 Å². The summed E-state index contributed by atoms with van der Waals surface area (Å²) in [4.78, 5) is 70.3. The first-order valence-corrected chi connectivity index (χ1v) is 11.8. The Bertz CT molecular complexity index is 933. The van der Waals surface area contributed by atoms with Crippen molar-refractivity contribution in [2.24, 2.45) is 0 Å². The zero-order chi connectivity index (χ0) is 29.4. The van der Waals surface area contributed by atoms with Gasteiger partial charge in [0.05, 0.1) is 13.2 Å². The summed E-state index contributed by atoms with van der Waals surface area (Å²) in [6.07, 6.45) is -13.0. The number of hydrogen-bond donors (Lipinski definition) is 1. The van der Waals surface area contributed by atoms with Gasteiger partial charge in [0.2, 0.25) is 0 Å². The molecule has 9 atom stereocenters. The summed E-state index contributed by atoms with van der Waals surface area (Å²) in [5.41, 5.74) is 0. The highest BCUT2D eigenvalue weighted by atomic mass is 16.7. The third kappa shape index (κ3) is 9.42. The van der Waals surface area contributed by atoms with E-state index in [0.29, 0.717) is 0 Å². The number of rotatable bonds is 9. The summed E-state index contributed by atoms with van der Waals surface area (Å²) in [6.45, 7) is 5.60. The van der Waals surface area contributed by atoms with E-state index in [4.69, 9.17) is 42.6 Å². The summed E-state index contributed by atoms with van der Waals surface area (Å²) in [5.74, 6) is -4.79. The third-order valence-corrected chi connectivity index (χ3v) is 5.24. The normalized spacial score (nSPS) is 32.2. The molecule has 16 heteroatoms. The summed E-state index contributed by atoms with van der Waals surface area (Å²) >= 11 is 0. The molecule has 0 bridgehead atoms. The van der Waals surface area contributed by atoms with E-state index in [9.17, 15) is 33.9 Å². The molecular formula is C23H32O16. The summed E-state index contributed by atoms with van der Waals surface area (Å²) in [6, 6.07) is 0. The molecule has 16 nitrogen and oxygen atoms in total. The van der Waals surface area contributed by atoms with Crippen LogP contribution in [0, 0.1) is 0 Å². The van der Waals surface area contributed by atoms with Gasteiger partial charge >= 0.3 is 35.8 Å². The summed E-state index contributed by atoms with van der Waals surface area (Å²) in [5, 5.41) is 10.5. The van der Waals surface area contributed by atoms with Crippen molar-refractivity contribution in [3.05, 3.63) is 0 Å². The number of ether oxygens (including phenoxy) is 9. The van der Waals surface area contributed by atoms with E-state index in [1.165, 1.54) is 0 Å². The van der Waals surface area contributed by atoms with Crippen molar-refractivity contribution in [3.63, 3.8) is 0 Å². The molecule has 2 rings (SSSR count).